The third kappa shape index (κ3) is 5.06. The standard InChI is InChI=1S/C18H16ClFO4/c1-12-6-2-3-9-15(12)23-16(21)10-5-11-17(22)24-18-13(19)7-4-8-14(18)20/h2-4,6-9H,5,10-11H2,1H3. The van der Waals surface area contributed by atoms with Crippen molar-refractivity contribution in [3.05, 3.63) is 58.9 Å². The van der Waals surface area contributed by atoms with Gasteiger partial charge in [-0.25, -0.2) is 4.39 Å². The van der Waals surface area contributed by atoms with Gasteiger partial charge in [0.15, 0.2) is 11.6 Å². The molecule has 4 nitrogen and oxygen atoms in total. The lowest BCUT2D eigenvalue weighted by Gasteiger charge is -2.08. The van der Waals surface area contributed by atoms with E-state index in [-0.39, 0.29) is 30.0 Å². The Balaban J connectivity index is 1.78. The summed E-state index contributed by atoms with van der Waals surface area (Å²) in [6, 6.07) is 11.1. The predicted molar refractivity (Wildman–Crippen MR) is 87.7 cm³/mol. The predicted octanol–water partition coefficient (Wildman–Crippen LogP) is 4.47. The number of esters is 2. The normalized spacial score (nSPS) is 10.3. The maximum atomic E-state index is 13.5. The van der Waals surface area contributed by atoms with Gasteiger partial charge in [-0.2, -0.15) is 0 Å². The van der Waals surface area contributed by atoms with Crippen LogP contribution in [0, 0.1) is 12.7 Å². The molecule has 6 heteroatoms. The minimum absolute atomic E-state index is 0.0160. The van der Waals surface area contributed by atoms with Gasteiger partial charge < -0.3 is 9.47 Å². The summed E-state index contributed by atoms with van der Waals surface area (Å²) in [7, 11) is 0. The smallest absolute Gasteiger partial charge is 0.311 e. The molecule has 0 N–H and O–H groups in total. The highest BCUT2D eigenvalue weighted by atomic mass is 35.5. The highest BCUT2D eigenvalue weighted by Gasteiger charge is 2.14. The Morgan fingerprint density at radius 2 is 1.67 bits per heavy atom. The van der Waals surface area contributed by atoms with Crippen molar-refractivity contribution in [1.29, 1.82) is 0 Å². The summed E-state index contributed by atoms with van der Waals surface area (Å²) in [6.07, 6.45) is 0.234. The van der Waals surface area contributed by atoms with Gasteiger partial charge in [-0.1, -0.05) is 35.9 Å². The highest BCUT2D eigenvalue weighted by Crippen LogP contribution is 2.27. The molecule has 0 fully saturated rings. The second kappa shape index (κ2) is 8.45. The van der Waals surface area contributed by atoms with E-state index in [1.807, 2.05) is 19.1 Å². The molecule has 0 unspecified atom stereocenters. The van der Waals surface area contributed by atoms with Gasteiger partial charge in [-0.3, -0.25) is 9.59 Å². The molecule has 2 rings (SSSR count). The van der Waals surface area contributed by atoms with Crippen LogP contribution in [0.25, 0.3) is 0 Å². The van der Waals surface area contributed by atoms with Crippen molar-refractivity contribution in [1.82, 2.24) is 0 Å². The van der Waals surface area contributed by atoms with Gasteiger partial charge in [0.1, 0.15) is 5.75 Å². The summed E-state index contributed by atoms with van der Waals surface area (Å²) >= 11 is 5.77. The van der Waals surface area contributed by atoms with Crippen LogP contribution < -0.4 is 9.47 Å². The zero-order valence-corrected chi connectivity index (χ0v) is 13.8. The number of carbonyl (C=O) groups is 2. The van der Waals surface area contributed by atoms with Crippen molar-refractivity contribution >= 4 is 23.5 Å². The monoisotopic (exact) mass is 350 g/mol. The molecule has 24 heavy (non-hydrogen) atoms. The Bertz CT molecular complexity index is 725. The van der Waals surface area contributed by atoms with E-state index in [0.29, 0.717) is 5.75 Å². The Kier molecular flexibility index (Phi) is 6.32. The first-order valence-corrected chi connectivity index (χ1v) is 7.76. The first kappa shape index (κ1) is 17.9. The molecule has 0 saturated carbocycles. The van der Waals surface area contributed by atoms with E-state index in [4.69, 9.17) is 21.1 Å². The van der Waals surface area contributed by atoms with E-state index in [1.54, 1.807) is 12.1 Å². The molecule has 0 saturated heterocycles. The average Bonchev–Trinajstić information content (AvgIpc) is 2.53. The van der Waals surface area contributed by atoms with Crippen molar-refractivity contribution in [2.45, 2.75) is 26.2 Å². The third-order valence-corrected chi connectivity index (χ3v) is 3.51. The summed E-state index contributed by atoms with van der Waals surface area (Å²) in [5, 5.41) is 0.0160. The highest BCUT2D eigenvalue weighted by molar-refractivity contribution is 6.32. The molecule has 0 bridgehead atoms. The van der Waals surface area contributed by atoms with E-state index in [1.165, 1.54) is 12.1 Å². The van der Waals surface area contributed by atoms with Crippen LogP contribution in [-0.4, -0.2) is 11.9 Å². The molecule has 2 aromatic carbocycles. The molecular formula is C18H16ClFO4. The number of aryl methyl sites for hydroxylation is 1. The first-order valence-electron chi connectivity index (χ1n) is 7.38. The maximum absolute atomic E-state index is 13.5. The Morgan fingerprint density at radius 1 is 1.00 bits per heavy atom. The fourth-order valence-electron chi connectivity index (χ4n) is 1.97. The van der Waals surface area contributed by atoms with Crippen LogP contribution in [0.2, 0.25) is 5.02 Å². The summed E-state index contributed by atoms with van der Waals surface area (Å²) in [4.78, 5) is 23.5. The minimum atomic E-state index is -0.713. The number of ether oxygens (including phenoxy) is 2. The van der Waals surface area contributed by atoms with Gasteiger partial charge in [-0.05, 0) is 37.1 Å². The minimum Gasteiger partial charge on any atom is -0.426 e. The molecular weight excluding hydrogens is 335 g/mol. The number of benzene rings is 2. The summed E-state index contributed by atoms with van der Waals surface area (Å²) in [5.41, 5.74) is 0.847. The van der Waals surface area contributed by atoms with Crippen LogP contribution in [0.1, 0.15) is 24.8 Å². The molecule has 0 amide bonds. The van der Waals surface area contributed by atoms with E-state index >= 15 is 0 Å². The van der Waals surface area contributed by atoms with E-state index in [2.05, 4.69) is 0 Å². The molecule has 2 aromatic rings. The van der Waals surface area contributed by atoms with Crippen LogP contribution >= 0.6 is 11.6 Å². The SMILES string of the molecule is Cc1ccccc1OC(=O)CCCC(=O)Oc1c(F)cccc1Cl. The van der Waals surface area contributed by atoms with Crippen LogP contribution in [-0.2, 0) is 9.59 Å². The number of hydrogen-bond donors (Lipinski definition) is 0. The average molecular weight is 351 g/mol. The maximum Gasteiger partial charge on any atom is 0.311 e. The van der Waals surface area contributed by atoms with Crippen LogP contribution in [0.5, 0.6) is 11.5 Å². The van der Waals surface area contributed by atoms with Crippen molar-refractivity contribution in [3.8, 4) is 11.5 Å². The number of carbonyl (C=O) groups excluding carboxylic acids is 2. The van der Waals surface area contributed by atoms with Crippen LogP contribution in [0.4, 0.5) is 4.39 Å². The third-order valence-electron chi connectivity index (χ3n) is 3.21. The fraction of sp³-hybridized carbons (Fsp3) is 0.222. The molecule has 0 heterocycles. The Labute approximate surface area is 144 Å². The zero-order chi connectivity index (χ0) is 17.5. The van der Waals surface area contributed by atoms with Crippen molar-refractivity contribution in [3.63, 3.8) is 0 Å². The molecule has 0 atom stereocenters. The van der Waals surface area contributed by atoms with E-state index < -0.39 is 17.8 Å². The lowest BCUT2D eigenvalue weighted by molar-refractivity contribution is -0.136. The molecule has 0 aromatic heterocycles. The molecule has 0 aliphatic heterocycles. The molecule has 0 aliphatic carbocycles. The van der Waals surface area contributed by atoms with Gasteiger partial charge in [0.25, 0.3) is 0 Å². The summed E-state index contributed by atoms with van der Waals surface area (Å²) in [6.45, 7) is 1.83. The topological polar surface area (TPSA) is 52.6 Å². The van der Waals surface area contributed by atoms with Gasteiger partial charge in [0, 0.05) is 12.8 Å². The van der Waals surface area contributed by atoms with Gasteiger partial charge in [0.05, 0.1) is 5.02 Å². The van der Waals surface area contributed by atoms with Gasteiger partial charge in [-0.15, -0.1) is 0 Å². The largest absolute Gasteiger partial charge is 0.426 e. The van der Waals surface area contributed by atoms with Crippen molar-refractivity contribution < 1.29 is 23.5 Å². The number of hydrogen-bond acceptors (Lipinski definition) is 4. The number of halogens is 2. The lowest BCUT2D eigenvalue weighted by Crippen LogP contribution is -2.12. The quantitative estimate of drug-likeness (QED) is 0.569. The van der Waals surface area contributed by atoms with Crippen molar-refractivity contribution in [2.75, 3.05) is 0 Å². The molecule has 126 valence electrons. The van der Waals surface area contributed by atoms with Crippen LogP contribution in [0.3, 0.4) is 0 Å². The Hall–Kier alpha value is -2.40. The van der Waals surface area contributed by atoms with E-state index in [0.717, 1.165) is 11.6 Å². The second-order valence-corrected chi connectivity index (χ2v) is 5.53. The second-order valence-electron chi connectivity index (χ2n) is 5.12. The summed E-state index contributed by atoms with van der Waals surface area (Å²) in [5.74, 6) is -1.63. The summed E-state index contributed by atoms with van der Waals surface area (Å²) < 4.78 is 23.6. The van der Waals surface area contributed by atoms with Crippen molar-refractivity contribution in [2.24, 2.45) is 0 Å². The zero-order valence-electron chi connectivity index (χ0n) is 13.1. The van der Waals surface area contributed by atoms with Gasteiger partial charge >= 0.3 is 11.9 Å². The Morgan fingerprint density at radius 3 is 2.33 bits per heavy atom. The molecule has 0 aliphatic rings. The molecule has 0 spiro atoms. The first-order chi connectivity index (χ1) is 11.5. The van der Waals surface area contributed by atoms with Gasteiger partial charge in [0.2, 0.25) is 0 Å². The lowest BCUT2D eigenvalue weighted by atomic mass is 10.2. The van der Waals surface area contributed by atoms with Crippen LogP contribution in [0.15, 0.2) is 42.5 Å². The number of rotatable bonds is 6. The van der Waals surface area contributed by atoms with E-state index in [9.17, 15) is 14.0 Å². The number of para-hydroxylation sites is 2. The fourth-order valence-corrected chi connectivity index (χ4v) is 2.17. The molecule has 0 radical (unpaired) electrons.